The van der Waals surface area contributed by atoms with Gasteiger partial charge in [0, 0.05) is 60.5 Å². The first-order valence-corrected chi connectivity index (χ1v) is 12.0. The molecule has 0 bridgehead atoms. The Morgan fingerprint density at radius 2 is 1.83 bits per heavy atom. The van der Waals surface area contributed by atoms with Gasteiger partial charge in [-0.2, -0.15) is 0 Å². The normalized spacial score (nSPS) is 12.2. The van der Waals surface area contributed by atoms with E-state index in [0.29, 0.717) is 18.7 Å². The van der Waals surface area contributed by atoms with Crippen LogP contribution in [-0.2, 0) is 19.5 Å². The van der Waals surface area contributed by atoms with Crippen LogP contribution in [0.5, 0.6) is 5.75 Å². The molecule has 0 spiro atoms. The molecule has 0 unspecified atom stereocenters. The Balaban J connectivity index is 1.28. The number of carbonyl (C=O) groups is 1. The first kappa shape index (κ1) is 23.5. The molecule has 36 heavy (non-hydrogen) atoms. The van der Waals surface area contributed by atoms with Crippen molar-refractivity contribution < 1.29 is 9.53 Å². The van der Waals surface area contributed by atoms with Gasteiger partial charge < -0.3 is 20.3 Å². The van der Waals surface area contributed by atoms with Crippen molar-refractivity contribution in [1.29, 1.82) is 0 Å². The maximum atomic E-state index is 12.9. The van der Waals surface area contributed by atoms with Crippen molar-refractivity contribution in [3.63, 3.8) is 0 Å². The fourth-order valence-electron chi connectivity index (χ4n) is 4.40. The third kappa shape index (κ3) is 5.37. The number of ether oxygens (including phenoxy) is 1. The summed E-state index contributed by atoms with van der Waals surface area (Å²) < 4.78 is 5.96. The predicted octanol–water partition coefficient (Wildman–Crippen LogP) is 5.00. The molecule has 7 heteroatoms. The summed E-state index contributed by atoms with van der Waals surface area (Å²) in [6, 6.07) is 19.5. The van der Waals surface area contributed by atoms with Gasteiger partial charge in [-0.15, -0.1) is 0 Å². The Morgan fingerprint density at radius 3 is 2.67 bits per heavy atom. The highest BCUT2D eigenvalue weighted by Crippen LogP contribution is 2.39. The number of nitrogens with one attached hydrogen (secondary N) is 2. The van der Waals surface area contributed by atoms with Gasteiger partial charge in [-0.1, -0.05) is 24.3 Å². The largest absolute Gasteiger partial charge is 0.492 e. The van der Waals surface area contributed by atoms with Crippen molar-refractivity contribution in [3.05, 3.63) is 102 Å². The van der Waals surface area contributed by atoms with Crippen LogP contribution in [0.3, 0.4) is 0 Å². The van der Waals surface area contributed by atoms with Crippen molar-refractivity contribution >= 4 is 17.4 Å². The van der Waals surface area contributed by atoms with Crippen LogP contribution in [0, 0.1) is 0 Å². The minimum Gasteiger partial charge on any atom is -0.492 e. The highest BCUT2D eigenvalue weighted by atomic mass is 16.5. The first-order valence-electron chi connectivity index (χ1n) is 12.0. The number of carbonyl (C=O) groups excluding carboxylic acids is 1. The van der Waals surface area contributed by atoms with Gasteiger partial charge in [-0.05, 0) is 67.2 Å². The summed E-state index contributed by atoms with van der Waals surface area (Å²) in [5.41, 5.74) is 6.64. The van der Waals surface area contributed by atoms with Gasteiger partial charge in [-0.3, -0.25) is 9.78 Å². The zero-order valence-electron chi connectivity index (χ0n) is 20.5. The van der Waals surface area contributed by atoms with Crippen LogP contribution < -0.4 is 15.4 Å². The molecule has 0 fully saturated rings. The second-order valence-electron chi connectivity index (χ2n) is 9.11. The number of hydrogen-bond donors (Lipinski definition) is 2. The van der Waals surface area contributed by atoms with Crippen molar-refractivity contribution in [2.45, 2.75) is 19.5 Å². The van der Waals surface area contributed by atoms with Crippen LogP contribution in [-0.4, -0.2) is 41.5 Å². The van der Waals surface area contributed by atoms with E-state index in [4.69, 9.17) is 4.74 Å². The summed E-state index contributed by atoms with van der Waals surface area (Å²) in [5, 5.41) is 6.46. The summed E-state index contributed by atoms with van der Waals surface area (Å²) in [7, 11) is 4.05. The molecule has 1 aliphatic heterocycles. The summed E-state index contributed by atoms with van der Waals surface area (Å²) in [4.78, 5) is 23.8. The van der Waals surface area contributed by atoms with Gasteiger partial charge in [0.2, 0.25) is 0 Å². The molecule has 2 aromatic heterocycles. The van der Waals surface area contributed by atoms with E-state index in [1.54, 1.807) is 12.4 Å². The average molecular weight is 480 g/mol. The summed E-state index contributed by atoms with van der Waals surface area (Å²) in [6.07, 6.45) is 6.19. The van der Waals surface area contributed by atoms with Gasteiger partial charge >= 0.3 is 0 Å². The molecular formula is C29H29N5O2. The molecule has 0 radical (unpaired) electrons. The van der Waals surface area contributed by atoms with Crippen molar-refractivity contribution in [2.24, 2.45) is 0 Å². The molecule has 2 aromatic carbocycles. The Hall–Kier alpha value is -4.23. The third-order valence-electron chi connectivity index (χ3n) is 6.05. The number of hydrogen-bond acceptors (Lipinski definition) is 6. The maximum absolute atomic E-state index is 12.9. The molecule has 5 rings (SSSR count). The fraction of sp³-hybridized carbons (Fsp3) is 0.207. The Kier molecular flexibility index (Phi) is 6.91. The monoisotopic (exact) mass is 479 g/mol. The van der Waals surface area contributed by atoms with Crippen LogP contribution in [0.15, 0.2) is 79.3 Å². The van der Waals surface area contributed by atoms with Crippen LogP contribution in [0.4, 0.5) is 11.5 Å². The fourth-order valence-corrected chi connectivity index (χ4v) is 4.40. The van der Waals surface area contributed by atoms with Gasteiger partial charge in [-0.25, -0.2) is 4.98 Å². The van der Waals surface area contributed by atoms with Gasteiger partial charge in [0.25, 0.3) is 5.91 Å². The minimum absolute atomic E-state index is 0.132. The van der Waals surface area contributed by atoms with Crippen LogP contribution in [0.25, 0.3) is 11.1 Å². The van der Waals surface area contributed by atoms with E-state index in [0.717, 1.165) is 58.0 Å². The van der Waals surface area contributed by atoms with Crippen LogP contribution in [0.2, 0.25) is 0 Å². The minimum atomic E-state index is -0.132. The number of amides is 1. The molecule has 3 heterocycles. The standard InChI is InChI=1S/C29H29N5O2/c1-34(2)19-21-6-4-8-24(16-21)33-29(35)23-7-3-5-20(15-23)17-31-28-25-11-14-36-27(25)26(18-32-28)22-9-12-30-13-10-22/h3-10,12-13,15-16,18H,11,14,17,19H2,1-2H3,(H,31,32)(H,33,35). The number of anilines is 2. The number of benzene rings is 2. The van der Waals surface area contributed by atoms with E-state index < -0.39 is 0 Å². The van der Waals surface area contributed by atoms with E-state index in [-0.39, 0.29) is 5.91 Å². The lowest BCUT2D eigenvalue weighted by Gasteiger charge is -2.13. The number of aromatic nitrogens is 2. The van der Waals surface area contributed by atoms with Crippen molar-refractivity contribution in [1.82, 2.24) is 14.9 Å². The highest BCUT2D eigenvalue weighted by molar-refractivity contribution is 6.04. The van der Waals surface area contributed by atoms with E-state index in [1.165, 1.54) is 0 Å². The zero-order valence-corrected chi connectivity index (χ0v) is 20.5. The first-order chi connectivity index (χ1) is 17.6. The van der Waals surface area contributed by atoms with Crippen molar-refractivity contribution in [3.8, 4) is 16.9 Å². The lowest BCUT2D eigenvalue weighted by molar-refractivity contribution is 0.102. The molecule has 0 atom stereocenters. The lowest BCUT2D eigenvalue weighted by Crippen LogP contribution is -2.14. The number of nitrogens with zero attached hydrogens (tertiary/aromatic N) is 3. The Labute approximate surface area is 211 Å². The van der Waals surface area contributed by atoms with Crippen LogP contribution in [0.1, 0.15) is 27.0 Å². The zero-order chi connectivity index (χ0) is 24.9. The smallest absolute Gasteiger partial charge is 0.255 e. The van der Waals surface area contributed by atoms with E-state index in [9.17, 15) is 4.79 Å². The summed E-state index contributed by atoms with van der Waals surface area (Å²) in [6.45, 7) is 2.00. The van der Waals surface area contributed by atoms with Crippen molar-refractivity contribution in [2.75, 3.05) is 31.3 Å². The Bertz CT molecular complexity index is 1370. The second kappa shape index (κ2) is 10.6. The van der Waals surface area contributed by atoms with E-state index in [2.05, 4.69) is 31.6 Å². The molecule has 0 aliphatic carbocycles. The van der Waals surface area contributed by atoms with Crippen LogP contribution >= 0.6 is 0 Å². The maximum Gasteiger partial charge on any atom is 0.255 e. The summed E-state index contributed by atoms with van der Waals surface area (Å²) in [5.74, 6) is 1.56. The number of fused-ring (bicyclic) bond motifs is 1. The SMILES string of the molecule is CN(C)Cc1cccc(NC(=O)c2cccc(CNc3ncc(-c4ccncc4)c4c3CCO4)c2)c1. The molecule has 1 aliphatic rings. The Morgan fingerprint density at radius 1 is 1.03 bits per heavy atom. The predicted molar refractivity (Wildman–Crippen MR) is 142 cm³/mol. The molecule has 182 valence electrons. The molecule has 2 N–H and O–H groups in total. The van der Waals surface area contributed by atoms with Gasteiger partial charge in [0.15, 0.2) is 0 Å². The molecule has 1 amide bonds. The number of rotatable bonds is 8. The van der Waals surface area contributed by atoms with E-state index >= 15 is 0 Å². The molecule has 0 saturated carbocycles. The quantitative estimate of drug-likeness (QED) is 0.370. The van der Waals surface area contributed by atoms with Gasteiger partial charge in [0.1, 0.15) is 11.6 Å². The topological polar surface area (TPSA) is 79.4 Å². The summed E-state index contributed by atoms with van der Waals surface area (Å²) >= 11 is 0. The second-order valence-corrected chi connectivity index (χ2v) is 9.11. The van der Waals surface area contributed by atoms with E-state index in [1.807, 2.05) is 74.9 Å². The molecule has 0 saturated heterocycles. The lowest BCUT2D eigenvalue weighted by atomic mass is 10.0. The molecule has 4 aromatic rings. The molecular weight excluding hydrogens is 450 g/mol. The van der Waals surface area contributed by atoms with Gasteiger partial charge in [0.05, 0.1) is 6.61 Å². The highest BCUT2D eigenvalue weighted by Gasteiger charge is 2.22. The average Bonchev–Trinajstić information content (AvgIpc) is 3.38. The number of pyridine rings is 2. The third-order valence-corrected chi connectivity index (χ3v) is 6.05. The molecule has 7 nitrogen and oxygen atoms in total.